The van der Waals surface area contributed by atoms with Gasteiger partial charge in [-0.3, -0.25) is 0 Å². The maximum absolute atomic E-state index is 2.49. The van der Waals surface area contributed by atoms with Crippen LogP contribution in [-0.2, 0) is 0 Å². The topological polar surface area (TPSA) is 3.24 Å². The highest BCUT2D eigenvalue weighted by molar-refractivity contribution is 14.1. The van der Waals surface area contributed by atoms with Gasteiger partial charge in [-0.2, -0.15) is 0 Å². The van der Waals surface area contributed by atoms with Crippen molar-refractivity contribution in [3.8, 4) is 0 Å². The largest absolute Gasteiger partial charge is 0.240 e. The van der Waals surface area contributed by atoms with E-state index in [-0.39, 0.29) is 0 Å². The maximum atomic E-state index is 2.49. The first kappa shape index (κ1) is 10.1. The molecule has 2 aliphatic rings. The summed E-state index contributed by atoms with van der Waals surface area (Å²) in [5.74, 6) is 0.881. The number of benzene rings is 1. The minimum absolute atomic E-state index is 0.683. The van der Waals surface area contributed by atoms with Crippen molar-refractivity contribution >= 4 is 22.9 Å². The predicted molar refractivity (Wildman–Crippen MR) is 71.1 cm³/mol. The third-order valence-electron chi connectivity index (χ3n) is 3.56. The lowest BCUT2D eigenvalue weighted by Gasteiger charge is -2.20. The van der Waals surface area contributed by atoms with E-state index in [0.29, 0.717) is 6.04 Å². The van der Waals surface area contributed by atoms with E-state index in [1.54, 1.807) is 11.1 Å². The van der Waals surface area contributed by atoms with Gasteiger partial charge in [-0.05, 0) is 42.7 Å². The first-order valence-electron chi connectivity index (χ1n) is 5.87. The van der Waals surface area contributed by atoms with Gasteiger partial charge in [0.05, 0.1) is 0 Å². The van der Waals surface area contributed by atoms with E-state index < -0.39 is 0 Å². The maximum Gasteiger partial charge on any atom is 0.0447 e. The summed E-state index contributed by atoms with van der Waals surface area (Å²) in [6.45, 7) is 1.25. The van der Waals surface area contributed by atoms with Crippen molar-refractivity contribution in [1.82, 2.24) is 3.11 Å². The number of rotatable bonds is 2. The lowest BCUT2D eigenvalue weighted by Crippen LogP contribution is -2.12. The Labute approximate surface area is 105 Å². The Hall–Kier alpha value is -0.0900. The molecule has 1 saturated carbocycles. The lowest BCUT2D eigenvalue weighted by atomic mass is 9.96. The summed E-state index contributed by atoms with van der Waals surface area (Å²) in [6.07, 6.45) is 5.51. The lowest BCUT2D eigenvalue weighted by molar-refractivity contribution is 0.486. The molecule has 80 valence electrons. The van der Waals surface area contributed by atoms with Gasteiger partial charge in [0.15, 0.2) is 0 Å². The van der Waals surface area contributed by atoms with E-state index in [4.69, 9.17) is 0 Å². The quantitative estimate of drug-likeness (QED) is 0.588. The highest BCUT2D eigenvalue weighted by atomic mass is 127. The van der Waals surface area contributed by atoms with Crippen LogP contribution in [0.1, 0.15) is 48.8 Å². The van der Waals surface area contributed by atoms with E-state index in [1.165, 1.54) is 32.2 Å². The number of halogens is 1. The zero-order valence-corrected chi connectivity index (χ0v) is 11.0. The predicted octanol–water partition coefficient (Wildman–Crippen LogP) is 4.05. The summed E-state index contributed by atoms with van der Waals surface area (Å²) in [5, 5.41) is 0. The van der Waals surface area contributed by atoms with Crippen LogP contribution in [0, 0.1) is 0 Å². The second-order valence-electron chi connectivity index (χ2n) is 4.68. The summed E-state index contributed by atoms with van der Waals surface area (Å²) in [7, 11) is 0. The van der Waals surface area contributed by atoms with Crippen molar-refractivity contribution in [2.75, 3.05) is 6.54 Å². The van der Waals surface area contributed by atoms with Gasteiger partial charge in [-0.25, -0.2) is 3.11 Å². The molecule has 0 amide bonds. The molecule has 1 saturated heterocycles. The third kappa shape index (κ3) is 1.94. The molecule has 15 heavy (non-hydrogen) atoms. The van der Waals surface area contributed by atoms with Gasteiger partial charge in [0.1, 0.15) is 0 Å². The Morgan fingerprint density at radius 2 is 1.80 bits per heavy atom. The molecule has 1 aromatic carbocycles. The van der Waals surface area contributed by atoms with E-state index >= 15 is 0 Å². The highest BCUT2D eigenvalue weighted by Gasteiger charge is 2.31. The van der Waals surface area contributed by atoms with Gasteiger partial charge in [0.25, 0.3) is 0 Å². The van der Waals surface area contributed by atoms with Crippen LogP contribution in [-0.4, -0.2) is 9.66 Å². The zero-order chi connectivity index (χ0) is 10.3. The van der Waals surface area contributed by atoms with Crippen LogP contribution in [0.2, 0.25) is 0 Å². The van der Waals surface area contributed by atoms with Crippen LogP contribution in [0.15, 0.2) is 24.3 Å². The van der Waals surface area contributed by atoms with Crippen molar-refractivity contribution in [3.05, 3.63) is 35.4 Å². The summed E-state index contributed by atoms with van der Waals surface area (Å²) in [4.78, 5) is 0. The smallest absolute Gasteiger partial charge is 0.0447 e. The number of hydrogen-bond acceptors (Lipinski definition) is 1. The fourth-order valence-corrected chi connectivity index (χ4v) is 3.54. The molecule has 1 atom stereocenters. The molecule has 1 unspecified atom stereocenters. The molecular weight excluding hydrogens is 297 g/mol. The zero-order valence-electron chi connectivity index (χ0n) is 8.82. The molecule has 1 nitrogen and oxygen atoms in total. The standard InChI is InChI=1S/C13H16IN/c14-15-9-3-6-13(15)12-5-2-1-4-11(12)10-7-8-10/h1-2,4-5,10,13H,3,6-9H2. The third-order valence-corrected chi connectivity index (χ3v) is 4.71. The number of hydrogen-bond donors (Lipinski definition) is 0. The summed E-state index contributed by atoms with van der Waals surface area (Å²) >= 11 is 2.49. The van der Waals surface area contributed by atoms with Crippen molar-refractivity contribution in [1.29, 1.82) is 0 Å². The monoisotopic (exact) mass is 313 g/mol. The first-order chi connectivity index (χ1) is 7.36. The minimum Gasteiger partial charge on any atom is -0.240 e. The average Bonchev–Trinajstić information content (AvgIpc) is 3.02. The fraction of sp³-hybridized carbons (Fsp3) is 0.538. The molecule has 1 aliphatic heterocycles. The van der Waals surface area contributed by atoms with Gasteiger partial charge in [-0.15, -0.1) is 0 Å². The Morgan fingerprint density at radius 3 is 2.40 bits per heavy atom. The second-order valence-corrected chi connectivity index (χ2v) is 5.92. The fourth-order valence-electron chi connectivity index (χ4n) is 2.62. The van der Waals surface area contributed by atoms with Crippen molar-refractivity contribution < 1.29 is 0 Å². The highest BCUT2D eigenvalue weighted by Crippen LogP contribution is 2.46. The van der Waals surface area contributed by atoms with Gasteiger partial charge < -0.3 is 0 Å². The molecule has 2 fully saturated rings. The Morgan fingerprint density at radius 1 is 1.07 bits per heavy atom. The molecular formula is C13H16IN. The summed E-state index contributed by atoms with van der Waals surface area (Å²) < 4.78 is 2.49. The molecule has 1 aromatic rings. The Balaban J connectivity index is 1.95. The molecule has 0 spiro atoms. The van der Waals surface area contributed by atoms with Crippen molar-refractivity contribution in [2.24, 2.45) is 0 Å². The average molecular weight is 313 g/mol. The molecule has 0 aromatic heterocycles. The summed E-state index contributed by atoms with van der Waals surface area (Å²) in [5.41, 5.74) is 3.23. The normalized spacial score (nSPS) is 27.1. The SMILES string of the molecule is IN1CCCC1c1ccccc1C1CC1. The van der Waals surface area contributed by atoms with E-state index in [1.807, 2.05) is 0 Å². The molecule has 0 N–H and O–H groups in total. The first-order valence-corrected chi connectivity index (χ1v) is 6.84. The van der Waals surface area contributed by atoms with Crippen LogP contribution in [0.5, 0.6) is 0 Å². The minimum atomic E-state index is 0.683. The van der Waals surface area contributed by atoms with Gasteiger partial charge in [0, 0.05) is 35.5 Å². The Bertz CT molecular complexity index is 359. The van der Waals surface area contributed by atoms with Crippen LogP contribution >= 0.6 is 22.9 Å². The molecule has 0 radical (unpaired) electrons. The molecule has 1 heterocycles. The molecule has 3 rings (SSSR count). The van der Waals surface area contributed by atoms with Gasteiger partial charge in [0.2, 0.25) is 0 Å². The van der Waals surface area contributed by atoms with Crippen molar-refractivity contribution in [3.63, 3.8) is 0 Å². The van der Waals surface area contributed by atoms with E-state index in [0.717, 1.165) is 5.92 Å². The molecule has 1 aliphatic carbocycles. The van der Waals surface area contributed by atoms with Crippen molar-refractivity contribution in [2.45, 2.75) is 37.6 Å². The summed E-state index contributed by atoms with van der Waals surface area (Å²) in [6, 6.07) is 9.76. The Kier molecular flexibility index (Phi) is 2.73. The van der Waals surface area contributed by atoms with Crippen LogP contribution in [0.25, 0.3) is 0 Å². The van der Waals surface area contributed by atoms with Gasteiger partial charge in [-0.1, -0.05) is 24.3 Å². The van der Waals surface area contributed by atoms with Crippen LogP contribution < -0.4 is 0 Å². The molecule has 2 heteroatoms. The van der Waals surface area contributed by atoms with Gasteiger partial charge >= 0.3 is 0 Å². The second kappa shape index (κ2) is 4.06. The van der Waals surface area contributed by atoms with Crippen LogP contribution in [0.3, 0.4) is 0 Å². The van der Waals surface area contributed by atoms with E-state index in [9.17, 15) is 0 Å². The van der Waals surface area contributed by atoms with Crippen LogP contribution in [0.4, 0.5) is 0 Å². The number of nitrogens with zero attached hydrogens (tertiary/aromatic N) is 1. The van der Waals surface area contributed by atoms with E-state index in [2.05, 4.69) is 50.2 Å². The molecule has 0 bridgehead atoms.